The molecule has 2 atom stereocenters. The molecular weight excluding hydrogens is 410 g/mol. The van der Waals surface area contributed by atoms with Gasteiger partial charge in [-0.2, -0.15) is 0 Å². The summed E-state index contributed by atoms with van der Waals surface area (Å²) < 4.78 is 5.30. The van der Waals surface area contributed by atoms with Gasteiger partial charge in [-0.3, -0.25) is 9.59 Å². The number of aliphatic hydroxyl groups excluding tert-OH is 1. The van der Waals surface area contributed by atoms with E-state index in [2.05, 4.69) is 5.32 Å². The maximum Gasteiger partial charge on any atom is 0.410 e. The zero-order valence-electron chi connectivity index (χ0n) is 19.6. The zero-order valence-corrected chi connectivity index (χ0v) is 19.6. The van der Waals surface area contributed by atoms with E-state index >= 15 is 0 Å². The molecule has 1 heterocycles. The number of nitrogens with one attached hydrogen (secondary N) is 1. The Hall–Kier alpha value is -2.87. The molecule has 2 rings (SSSR count). The van der Waals surface area contributed by atoms with Crippen LogP contribution in [0.15, 0.2) is 36.4 Å². The molecule has 0 fully saturated rings. The van der Waals surface area contributed by atoms with E-state index in [1.807, 2.05) is 31.2 Å². The zero-order chi connectivity index (χ0) is 23.9. The number of anilines is 1. The molecule has 0 spiro atoms. The molecule has 0 aliphatic carbocycles. The molecule has 1 aromatic carbocycles. The van der Waals surface area contributed by atoms with Gasteiger partial charge < -0.3 is 25.0 Å². The third kappa shape index (κ3) is 7.09. The van der Waals surface area contributed by atoms with Crippen molar-refractivity contribution >= 4 is 23.6 Å². The van der Waals surface area contributed by atoms with Crippen LogP contribution in [-0.2, 0) is 20.7 Å². The van der Waals surface area contributed by atoms with E-state index in [1.54, 1.807) is 38.7 Å². The predicted octanol–water partition coefficient (Wildman–Crippen LogP) is 2.64. The maximum absolute atomic E-state index is 12.6. The number of likely N-dealkylation sites (N-methyl/N-ethyl adjacent to an activating group) is 1. The summed E-state index contributed by atoms with van der Waals surface area (Å²) >= 11 is 0. The Morgan fingerprint density at radius 3 is 2.56 bits per heavy atom. The molecule has 32 heavy (non-hydrogen) atoms. The average Bonchev–Trinajstić information content (AvgIpc) is 3.17. The number of rotatable bonds is 8. The first-order valence-electron chi connectivity index (χ1n) is 11.1. The predicted molar refractivity (Wildman–Crippen MR) is 123 cm³/mol. The Balaban J connectivity index is 1.92. The fourth-order valence-corrected chi connectivity index (χ4v) is 3.37. The van der Waals surface area contributed by atoms with Gasteiger partial charge in [0.25, 0.3) is 11.8 Å². The van der Waals surface area contributed by atoms with E-state index in [0.29, 0.717) is 19.5 Å². The lowest BCUT2D eigenvalue weighted by molar-refractivity contribution is -0.130. The Bertz CT molecular complexity index is 846. The van der Waals surface area contributed by atoms with Crippen molar-refractivity contribution in [1.82, 2.24) is 10.2 Å². The van der Waals surface area contributed by atoms with Crippen molar-refractivity contribution in [2.24, 2.45) is 0 Å². The molecule has 1 aromatic rings. The summed E-state index contributed by atoms with van der Waals surface area (Å²) in [6, 6.07) is 7.38. The van der Waals surface area contributed by atoms with Gasteiger partial charge in [0.05, 0.1) is 6.54 Å². The van der Waals surface area contributed by atoms with E-state index in [4.69, 9.17) is 4.74 Å². The number of ether oxygens (including phenoxy) is 1. The van der Waals surface area contributed by atoms with Crippen molar-refractivity contribution in [3.05, 3.63) is 42.0 Å². The van der Waals surface area contributed by atoms with Gasteiger partial charge in [0, 0.05) is 30.9 Å². The van der Waals surface area contributed by atoms with Crippen LogP contribution in [0.1, 0.15) is 46.6 Å². The van der Waals surface area contributed by atoms with E-state index in [9.17, 15) is 19.5 Å². The van der Waals surface area contributed by atoms with Gasteiger partial charge in [0.1, 0.15) is 11.7 Å². The summed E-state index contributed by atoms with van der Waals surface area (Å²) in [4.78, 5) is 40.3. The van der Waals surface area contributed by atoms with Crippen LogP contribution >= 0.6 is 0 Å². The second-order valence-electron chi connectivity index (χ2n) is 8.79. The molecule has 0 radical (unpaired) electrons. The van der Waals surface area contributed by atoms with Crippen LogP contribution in [0.5, 0.6) is 0 Å². The number of hydrogen-bond donors (Lipinski definition) is 2. The van der Waals surface area contributed by atoms with Crippen molar-refractivity contribution < 1.29 is 24.2 Å². The third-order valence-electron chi connectivity index (χ3n) is 5.12. The van der Waals surface area contributed by atoms with Crippen LogP contribution in [0.2, 0.25) is 0 Å². The molecule has 0 bridgehead atoms. The van der Waals surface area contributed by atoms with E-state index < -0.39 is 29.7 Å². The van der Waals surface area contributed by atoms with Crippen LogP contribution in [0.3, 0.4) is 0 Å². The van der Waals surface area contributed by atoms with Crippen LogP contribution in [-0.4, -0.2) is 65.3 Å². The molecule has 8 heteroatoms. The number of amides is 3. The SMILES string of the molecule is CC[C@@H](/C=C/C(=O)N1CCc2ccccc21)NC(=O)[C@@H](O)CN(CC)C(=O)OC(C)(C)C. The van der Waals surface area contributed by atoms with Gasteiger partial charge in [-0.05, 0) is 52.2 Å². The Kier molecular flexibility index (Phi) is 8.83. The number of aliphatic hydroxyl groups is 1. The second kappa shape index (κ2) is 11.1. The molecule has 2 N–H and O–H groups in total. The monoisotopic (exact) mass is 445 g/mol. The van der Waals surface area contributed by atoms with E-state index in [-0.39, 0.29) is 12.5 Å². The van der Waals surface area contributed by atoms with Gasteiger partial charge in [0.15, 0.2) is 0 Å². The molecule has 0 unspecified atom stereocenters. The van der Waals surface area contributed by atoms with Gasteiger partial charge in [0.2, 0.25) is 0 Å². The Labute approximate surface area is 190 Å². The molecule has 8 nitrogen and oxygen atoms in total. The summed E-state index contributed by atoms with van der Waals surface area (Å²) in [5, 5.41) is 13.0. The number of hydrogen-bond acceptors (Lipinski definition) is 5. The lowest BCUT2D eigenvalue weighted by Gasteiger charge is -2.28. The fraction of sp³-hybridized carbons (Fsp3) is 0.542. The molecule has 3 amide bonds. The number of benzene rings is 1. The molecule has 0 aromatic heterocycles. The van der Waals surface area contributed by atoms with Crippen molar-refractivity contribution in [2.75, 3.05) is 24.5 Å². The van der Waals surface area contributed by atoms with E-state index in [1.165, 1.54) is 11.0 Å². The molecule has 176 valence electrons. The lowest BCUT2D eigenvalue weighted by atomic mass is 10.1. The van der Waals surface area contributed by atoms with Crippen molar-refractivity contribution in [2.45, 2.75) is 65.2 Å². The van der Waals surface area contributed by atoms with Gasteiger partial charge in [-0.15, -0.1) is 0 Å². The Morgan fingerprint density at radius 1 is 1.25 bits per heavy atom. The number of fused-ring (bicyclic) bond motifs is 1. The minimum Gasteiger partial charge on any atom is -0.444 e. The largest absolute Gasteiger partial charge is 0.444 e. The molecular formula is C24H35N3O5. The normalized spacial score (nSPS) is 15.2. The first-order valence-corrected chi connectivity index (χ1v) is 11.1. The van der Waals surface area contributed by atoms with Crippen molar-refractivity contribution in [3.8, 4) is 0 Å². The molecule has 1 aliphatic rings. The van der Waals surface area contributed by atoms with Crippen LogP contribution in [0.4, 0.5) is 10.5 Å². The summed E-state index contributed by atoms with van der Waals surface area (Å²) in [6.07, 6.45) is 2.46. The van der Waals surface area contributed by atoms with Crippen LogP contribution < -0.4 is 10.2 Å². The highest BCUT2D eigenvalue weighted by Crippen LogP contribution is 2.27. The number of para-hydroxylation sites is 1. The fourth-order valence-electron chi connectivity index (χ4n) is 3.37. The number of carbonyl (C=O) groups is 3. The van der Waals surface area contributed by atoms with Gasteiger partial charge >= 0.3 is 6.09 Å². The number of nitrogens with zero attached hydrogens (tertiary/aromatic N) is 2. The summed E-state index contributed by atoms with van der Waals surface area (Å²) in [5.41, 5.74) is 1.39. The molecule has 0 saturated heterocycles. The van der Waals surface area contributed by atoms with Crippen molar-refractivity contribution in [3.63, 3.8) is 0 Å². The second-order valence-corrected chi connectivity index (χ2v) is 8.79. The molecule has 0 saturated carbocycles. The minimum absolute atomic E-state index is 0.148. The maximum atomic E-state index is 12.6. The van der Waals surface area contributed by atoms with Crippen LogP contribution in [0.25, 0.3) is 0 Å². The smallest absolute Gasteiger partial charge is 0.410 e. The standard InChI is InChI=1S/C24H35N3O5/c1-6-18(12-13-21(29)27-15-14-17-10-8-9-11-19(17)27)25-22(30)20(28)16-26(7-2)23(31)32-24(3,4)5/h8-13,18,20,28H,6-7,14-16H2,1-5H3,(H,25,30)/b13-12+/t18-,20-/m0/s1. The third-order valence-corrected chi connectivity index (χ3v) is 5.12. The summed E-state index contributed by atoms with van der Waals surface area (Å²) in [7, 11) is 0. The van der Waals surface area contributed by atoms with Crippen molar-refractivity contribution in [1.29, 1.82) is 0 Å². The van der Waals surface area contributed by atoms with Gasteiger partial charge in [-0.1, -0.05) is 31.2 Å². The first-order chi connectivity index (χ1) is 15.1. The quantitative estimate of drug-likeness (QED) is 0.600. The first kappa shape index (κ1) is 25.4. The highest BCUT2D eigenvalue weighted by molar-refractivity contribution is 6.03. The summed E-state index contributed by atoms with van der Waals surface area (Å²) in [6.45, 7) is 9.61. The topological polar surface area (TPSA) is 99.2 Å². The highest BCUT2D eigenvalue weighted by Gasteiger charge is 2.27. The average molecular weight is 446 g/mol. The summed E-state index contributed by atoms with van der Waals surface area (Å²) in [5.74, 6) is -0.757. The highest BCUT2D eigenvalue weighted by atomic mass is 16.6. The number of carbonyl (C=O) groups excluding carboxylic acids is 3. The lowest BCUT2D eigenvalue weighted by Crippen LogP contribution is -2.48. The van der Waals surface area contributed by atoms with Gasteiger partial charge in [-0.25, -0.2) is 4.79 Å². The van der Waals surface area contributed by atoms with E-state index in [0.717, 1.165) is 17.7 Å². The Morgan fingerprint density at radius 2 is 1.94 bits per heavy atom. The molecule has 1 aliphatic heterocycles. The van der Waals surface area contributed by atoms with Crippen LogP contribution in [0, 0.1) is 0 Å². The minimum atomic E-state index is -1.41.